The highest BCUT2D eigenvalue weighted by Gasteiger charge is 2.22. The van der Waals surface area contributed by atoms with Crippen molar-refractivity contribution >= 4 is 39.9 Å². The van der Waals surface area contributed by atoms with Crippen molar-refractivity contribution in [3.05, 3.63) is 108 Å². The Bertz CT molecular complexity index is 1580. The molecule has 190 valence electrons. The molecule has 1 N–H and O–H groups in total. The lowest BCUT2D eigenvalue weighted by Crippen LogP contribution is -2.23. The number of Topliss-reactive ketones (excluding diaryl/α,β-unsaturated/α-hetero) is 1. The molecule has 0 radical (unpaired) electrons. The molecule has 0 saturated carbocycles. The Balaban J connectivity index is 1.33. The van der Waals surface area contributed by atoms with E-state index in [1.165, 1.54) is 18.7 Å². The number of nitrogens with zero attached hydrogens (tertiary/aromatic N) is 3. The van der Waals surface area contributed by atoms with E-state index in [2.05, 4.69) is 21.6 Å². The van der Waals surface area contributed by atoms with E-state index in [1.807, 2.05) is 78.2 Å². The standard InChI is InChI=1S/C30H26N4O3S/c1-20(35)22-12-15-25(16-13-22)31-29(36)21(2)38-30-33-32-28(34(30)26-10-4-3-5-11-26)19-37-27-17-14-23-8-6-7-9-24(23)18-27/h3-18,21H,19H2,1-2H3,(H,31,36)/t21-/m0/s1. The summed E-state index contributed by atoms with van der Waals surface area (Å²) >= 11 is 1.31. The summed E-state index contributed by atoms with van der Waals surface area (Å²) in [6.45, 7) is 3.54. The van der Waals surface area contributed by atoms with Gasteiger partial charge in [-0.2, -0.15) is 0 Å². The van der Waals surface area contributed by atoms with Crippen LogP contribution in [0.5, 0.6) is 5.75 Å². The molecule has 4 aromatic carbocycles. The van der Waals surface area contributed by atoms with Gasteiger partial charge >= 0.3 is 0 Å². The van der Waals surface area contributed by atoms with Crippen LogP contribution in [0.15, 0.2) is 102 Å². The van der Waals surface area contributed by atoms with Gasteiger partial charge in [-0.3, -0.25) is 14.2 Å². The van der Waals surface area contributed by atoms with E-state index < -0.39 is 5.25 Å². The average Bonchev–Trinajstić information content (AvgIpc) is 3.34. The highest BCUT2D eigenvalue weighted by atomic mass is 32.2. The van der Waals surface area contributed by atoms with E-state index in [-0.39, 0.29) is 18.3 Å². The Morgan fingerprint density at radius 1 is 0.895 bits per heavy atom. The van der Waals surface area contributed by atoms with Crippen LogP contribution in [0.25, 0.3) is 16.5 Å². The van der Waals surface area contributed by atoms with Crippen LogP contribution in [0.2, 0.25) is 0 Å². The Morgan fingerprint density at radius 2 is 1.61 bits per heavy atom. The molecule has 5 aromatic rings. The molecule has 0 saturated heterocycles. The van der Waals surface area contributed by atoms with Crippen LogP contribution in [0.3, 0.4) is 0 Å². The van der Waals surface area contributed by atoms with Crippen molar-refractivity contribution in [1.82, 2.24) is 14.8 Å². The first-order chi connectivity index (χ1) is 18.5. The zero-order valence-corrected chi connectivity index (χ0v) is 21.8. The summed E-state index contributed by atoms with van der Waals surface area (Å²) in [6, 6.07) is 30.7. The van der Waals surface area contributed by atoms with Gasteiger partial charge in [0, 0.05) is 16.9 Å². The van der Waals surface area contributed by atoms with Crippen molar-refractivity contribution in [2.45, 2.75) is 30.9 Å². The summed E-state index contributed by atoms with van der Waals surface area (Å²) in [5.41, 5.74) is 2.10. The zero-order valence-electron chi connectivity index (χ0n) is 21.0. The lowest BCUT2D eigenvalue weighted by atomic mass is 10.1. The van der Waals surface area contributed by atoms with Crippen molar-refractivity contribution in [3.8, 4) is 11.4 Å². The molecular weight excluding hydrogens is 496 g/mol. The molecule has 5 rings (SSSR count). The molecule has 0 aliphatic carbocycles. The minimum atomic E-state index is -0.455. The SMILES string of the molecule is CC(=O)c1ccc(NC(=O)[C@H](C)Sc2nnc(COc3ccc4ccccc4c3)n2-c2ccccc2)cc1. The largest absolute Gasteiger partial charge is 0.486 e. The number of rotatable bonds is 9. The number of aromatic nitrogens is 3. The van der Waals surface area contributed by atoms with Crippen LogP contribution < -0.4 is 10.1 Å². The number of carbonyl (C=O) groups excluding carboxylic acids is 2. The maximum atomic E-state index is 12.9. The Labute approximate surface area is 224 Å². The first kappa shape index (κ1) is 25.2. The molecule has 1 amide bonds. The summed E-state index contributed by atoms with van der Waals surface area (Å²) in [6.07, 6.45) is 0. The number of ether oxygens (including phenoxy) is 1. The molecule has 0 aliphatic heterocycles. The Hall–Kier alpha value is -4.43. The van der Waals surface area contributed by atoms with Gasteiger partial charge in [0.05, 0.1) is 5.25 Å². The van der Waals surface area contributed by atoms with Crippen LogP contribution in [0, 0.1) is 0 Å². The number of benzene rings is 4. The number of fused-ring (bicyclic) bond motifs is 1. The molecule has 0 aliphatic rings. The quantitative estimate of drug-likeness (QED) is 0.180. The van der Waals surface area contributed by atoms with Crippen molar-refractivity contribution in [1.29, 1.82) is 0 Å². The predicted molar refractivity (Wildman–Crippen MR) is 150 cm³/mol. The maximum absolute atomic E-state index is 12.9. The second kappa shape index (κ2) is 11.3. The molecule has 0 unspecified atom stereocenters. The lowest BCUT2D eigenvalue weighted by molar-refractivity contribution is -0.115. The second-order valence-electron chi connectivity index (χ2n) is 8.75. The van der Waals surface area contributed by atoms with Gasteiger partial charge in [-0.05, 0) is 73.2 Å². The zero-order chi connectivity index (χ0) is 26.5. The van der Waals surface area contributed by atoms with Gasteiger partial charge in [0.2, 0.25) is 5.91 Å². The van der Waals surface area contributed by atoms with E-state index in [9.17, 15) is 9.59 Å². The fourth-order valence-corrected chi connectivity index (χ4v) is 4.84. The average molecular weight is 523 g/mol. The van der Waals surface area contributed by atoms with Gasteiger partial charge in [0.25, 0.3) is 0 Å². The third kappa shape index (κ3) is 5.76. The molecule has 1 atom stereocenters. The van der Waals surface area contributed by atoms with Gasteiger partial charge < -0.3 is 10.1 Å². The number of anilines is 1. The third-order valence-corrected chi connectivity index (χ3v) is 7.06. The van der Waals surface area contributed by atoms with E-state index >= 15 is 0 Å². The van der Waals surface area contributed by atoms with Crippen molar-refractivity contribution in [2.75, 3.05) is 5.32 Å². The van der Waals surface area contributed by atoms with Gasteiger partial charge in [-0.25, -0.2) is 0 Å². The van der Waals surface area contributed by atoms with Crippen LogP contribution >= 0.6 is 11.8 Å². The molecule has 0 fully saturated rings. The monoisotopic (exact) mass is 522 g/mol. The minimum absolute atomic E-state index is 0.0209. The van der Waals surface area contributed by atoms with E-state index in [0.717, 1.165) is 22.2 Å². The van der Waals surface area contributed by atoms with Gasteiger partial charge in [0.15, 0.2) is 16.8 Å². The predicted octanol–water partition coefficient (Wildman–Crippen LogP) is 6.32. The normalized spacial score (nSPS) is 11.7. The van der Waals surface area contributed by atoms with Crippen LogP contribution in [-0.2, 0) is 11.4 Å². The van der Waals surface area contributed by atoms with E-state index in [0.29, 0.717) is 22.2 Å². The summed E-state index contributed by atoms with van der Waals surface area (Å²) < 4.78 is 8.01. The summed E-state index contributed by atoms with van der Waals surface area (Å²) in [5, 5.41) is 14.1. The van der Waals surface area contributed by atoms with E-state index in [4.69, 9.17) is 4.74 Å². The summed E-state index contributed by atoms with van der Waals surface area (Å²) in [7, 11) is 0. The molecule has 0 bridgehead atoms. The van der Waals surface area contributed by atoms with Gasteiger partial charge in [-0.15, -0.1) is 10.2 Å². The highest BCUT2D eigenvalue weighted by molar-refractivity contribution is 8.00. The fraction of sp³-hybridized carbons (Fsp3) is 0.133. The summed E-state index contributed by atoms with van der Waals surface area (Å²) in [5.74, 6) is 1.16. The van der Waals surface area contributed by atoms with Crippen molar-refractivity contribution < 1.29 is 14.3 Å². The van der Waals surface area contributed by atoms with Gasteiger partial charge in [-0.1, -0.05) is 60.3 Å². The number of amides is 1. The first-order valence-electron chi connectivity index (χ1n) is 12.2. The number of hydrogen-bond donors (Lipinski definition) is 1. The molecule has 38 heavy (non-hydrogen) atoms. The van der Waals surface area contributed by atoms with Gasteiger partial charge in [0.1, 0.15) is 12.4 Å². The Kier molecular flexibility index (Phi) is 7.51. The molecule has 7 nitrogen and oxygen atoms in total. The topological polar surface area (TPSA) is 86.1 Å². The van der Waals surface area contributed by atoms with Crippen LogP contribution in [-0.4, -0.2) is 31.7 Å². The molecule has 0 spiro atoms. The second-order valence-corrected chi connectivity index (χ2v) is 10.1. The van der Waals surface area contributed by atoms with Crippen LogP contribution in [0.4, 0.5) is 5.69 Å². The number of thioether (sulfide) groups is 1. The van der Waals surface area contributed by atoms with Crippen molar-refractivity contribution in [3.63, 3.8) is 0 Å². The van der Waals surface area contributed by atoms with Crippen molar-refractivity contribution in [2.24, 2.45) is 0 Å². The molecule has 1 aromatic heterocycles. The molecular formula is C30H26N4O3S. The minimum Gasteiger partial charge on any atom is -0.486 e. The molecule has 8 heteroatoms. The third-order valence-electron chi connectivity index (χ3n) is 6.01. The smallest absolute Gasteiger partial charge is 0.237 e. The number of nitrogens with one attached hydrogen (secondary N) is 1. The lowest BCUT2D eigenvalue weighted by Gasteiger charge is -2.14. The number of para-hydroxylation sites is 1. The van der Waals surface area contributed by atoms with Crippen LogP contribution in [0.1, 0.15) is 30.0 Å². The number of ketones is 1. The highest BCUT2D eigenvalue weighted by Crippen LogP contribution is 2.28. The Morgan fingerprint density at radius 3 is 2.34 bits per heavy atom. The van der Waals surface area contributed by atoms with E-state index in [1.54, 1.807) is 24.3 Å². The fourth-order valence-electron chi connectivity index (χ4n) is 3.96. The number of hydrogen-bond acceptors (Lipinski definition) is 6. The maximum Gasteiger partial charge on any atom is 0.237 e. The summed E-state index contributed by atoms with van der Waals surface area (Å²) in [4.78, 5) is 24.4. The number of carbonyl (C=O) groups is 2. The molecule has 1 heterocycles. The first-order valence-corrected chi connectivity index (χ1v) is 13.1.